The molecule has 3 aliphatic rings. The van der Waals surface area contributed by atoms with Crippen molar-refractivity contribution in [1.82, 2.24) is 0 Å². The molecule has 154 valence electrons. The fourth-order valence-electron chi connectivity index (χ4n) is 4.03. The summed E-state index contributed by atoms with van der Waals surface area (Å²) in [4.78, 5) is 0. The maximum absolute atomic E-state index is 10.2. The van der Waals surface area contributed by atoms with Crippen molar-refractivity contribution in [2.75, 3.05) is 13.7 Å². The van der Waals surface area contributed by atoms with Gasteiger partial charge in [-0.25, -0.2) is 0 Å². The molecule has 0 aliphatic carbocycles. The van der Waals surface area contributed by atoms with Crippen molar-refractivity contribution in [1.29, 1.82) is 0 Å². The Kier molecular flexibility index (Phi) is 4.91. The van der Waals surface area contributed by atoms with Crippen molar-refractivity contribution in [3.05, 3.63) is 59.7 Å². The molecule has 2 aromatic carbocycles. The number of phenols is 2. The highest BCUT2D eigenvalue weighted by Crippen LogP contribution is 2.45. The fourth-order valence-corrected chi connectivity index (χ4v) is 4.03. The monoisotopic (exact) mass is 402 g/mol. The number of aromatic hydroxyl groups is 2. The Bertz CT molecular complexity index is 873. The Morgan fingerprint density at radius 3 is 2.00 bits per heavy atom. The molecule has 8 heteroatoms. The van der Waals surface area contributed by atoms with Crippen LogP contribution >= 0.6 is 0 Å². The van der Waals surface area contributed by atoms with Gasteiger partial charge >= 0.3 is 0 Å². The number of benzene rings is 2. The summed E-state index contributed by atoms with van der Waals surface area (Å²) in [7, 11) is 1.54. The van der Waals surface area contributed by atoms with Gasteiger partial charge < -0.3 is 38.6 Å². The Balaban J connectivity index is 1.41. The van der Waals surface area contributed by atoms with Gasteiger partial charge in [0.1, 0.15) is 35.9 Å². The first-order valence-electron chi connectivity index (χ1n) is 9.47. The van der Waals surface area contributed by atoms with Gasteiger partial charge in [0.25, 0.3) is 0 Å². The predicted octanol–water partition coefficient (Wildman–Crippen LogP) is 2.37. The first-order chi connectivity index (χ1) is 14.2. The van der Waals surface area contributed by atoms with Gasteiger partial charge in [-0.05, 0) is 12.1 Å². The number of methoxy groups -OCH3 is 1. The van der Waals surface area contributed by atoms with E-state index in [1.54, 1.807) is 48.5 Å². The lowest BCUT2D eigenvalue weighted by molar-refractivity contribution is -0.343. The van der Waals surface area contributed by atoms with Crippen LogP contribution in [0.2, 0.25) is 0 Å². The zero-order valence-corrected chi connectivity index (χ0v) is 15.7. The molecule has 0 saturated carbocycles. The molecule has 3 saturated heterocycles. The lowest BCUT2D eigenvalue weighted by Crippen LogP contribution is -2.61. The van der Waals surface area contributed by atoms with Gasteiger partial charge in [-0.15, -0.1) is 0 Å². The molecule has 0 spiro atoms. The number of phenolic OH excluding ortho intramolecular Hbond substituents is 2. The van der Waals surface area contributed by atoms with Crippen LogP contribution in [-0.2, 0) is 28.4 Å². The molecule has 0 aromatic heterocycles. The van der Waals surface area contributed by atoms with E-state index in [9.17, 15) is 10.2 Å². The van der Waals surface area contributed by atoms with Crippen LogP contribution < -0.4 is 0 Å². The number of ether oxygens (including phenoxy) is 6. The van der Waals surface area contributed by atoms with Gasteiger partial charge in [0.15, 0.2) is 18.9 Å². The van der Waals surface area contributed by atoms with E-state index in [0.29, 0.717) is 11.1 Å². The Labute approximate surface area is 167 Å². The normalized spacial score (nSPS) is 36.4. The molecule has 7 atom stereocenters. The van der Waals surface area contributed by atoms with E-state index in [-0.39, 0.29) is 18.1 Å². The van der Waals surface area contributed by atoms with Gasteiger partial charge in [0, 0.05) is 18.2 Å². The highest BCUT2D eigenvalue weighted by atomic mass is 16.8. The molecule has 3 heterocycles. The topological polar surface area (TPSA) is 95.8 Å². The van der Waals surface area contributed by atoms with E-state index in [2.05, 4.69) is 0 Å². The number of fused-ring (bicyclic) bond motifs is 3. The van der Waals surface area contributed by atoms with Crippen molar-refractivity contribution in [3.8, 4) is 11.5 Å². The molecule has 3 aliphatic heterocycles. The van der Waals surface area contributed by atoms with E-state index in [4.69, 9.17) is 28.4 Å². The minimum atomic E-state index is -0.777. The second-order valence-electron chi connectivity index (χ2n) is 7.20. The number of rotatable bonds is 3. The maximum Gasteiger partial charge on any atom is 0.188 e. The largest absolute Gasteiger partial charge is 0.507 e. The number of para-hydroxylation sites is 2. The smallest absolute Gasteiger partial charge is 0.188 e. The quantitative estimate of drug-likeness (QED) is 0.808. The maximum atomic E-state index is 10.2. The second-order valence-corrected chi connectivity index (χ2v) is 7.20. The van der Waals surface area contributed by atoms with Gasteiger partial charge in [0.05, 0.1) is 6.61 Å². The molecular weight excluding hydrogens is 380 g/mol. The minimum Gasteiger partial charge on any atom is -0.507 e. The molecule has 0 amide bonds. The standard InChI is InChI=1S/C21H22O8/c1-24-21-18-17(28-20(29-18)12-7-3-5-9-14(12)23)16-15(26-21)10-25-19(27-16)11-6-2-4-8-13(11)22/h2-9,15-23H,10H2,1H3/t15-,16-,17+,18+,19?,20?,21+/m1/s1. The van der Waals surface area contributed by atoms with Crippen molar-refractivity contribution in [2.24, 2.45) is 0 Å². The third kappa shape index (κ3) is 3.28. The second kappa shape index (κ2) is 7.56. The summed E-state index contributed by atoms with van der Waals surface area (Å²) in [6.45, 7) is 0.247. The SMILES string of the molecule is CO[C@H]1O[C@@H]2COC(c3ccccc3O)O[C@H]2[C@@H]2OC(c3ccccc3O)O[C@H]12. The van der Waals surface area contributed by atoms with Crippen LogP contribution in [0.5, 0.6) is 11.5 Å². The van der Waals surface area contributed by atoms with Gasteiger partial charge in [-0.2, -0.15) is 0 Å². The zero-order chi connectivity index (χ0) is 20.0. The van der Waals surface area contributed by atoms with Gasteiger partial charge in [0.2, 0.25) is 0 Å². The van der Waals surface area contributed by atoms with Gasteiger partial charge in [-0.3, -0.25) is 0 Å². The highest BCUT2D eigenvalue weighted by molar-refractivity contribution is 5.34. The summed E-state index contributed by atoms with van der Waals surface area (Å²) >= 11 is 0. The van der Waals surface area contributed by atoms with Crippen LogP contribution in [0.25, 0.3) is 0 Å². The molecule has 29 heavy (non-hydrogen) atoms. The molecule has 8 nitrogen and oxygen atoms in total. The van der Waals surface area contributed by atoms with Crippen LogP contribution in [0.15, 0.2) is 48.5 Å². The number of hydrogen-bond donors (Lipinski definition) is 2. The van der Waals surface area contributed by atoms with Gasteiger partial charge in [-0.1, -0.05) is 36.4 Å². The Hall–Kier alpha value is -2.20. The van der Waals surface area contributed by atoms with E-state index in [1.165, 1.54) is 7.11 Å². The van der Waals surface area contributed by atoms with E-state index in [1.807, 2.05) is 0 Å². The molecule has 0 bridgehead atoms. The average Bonchev–Trinajstić information content (AvgIpc) is 3.19. The predicted molar refractivity (Wildman–Crippen MR) is 97.9 cm³/mol. The molecule has 3 fully saturated rings. The minimum absolute atomic E-state index is 0.0857. The summed E-state index contributed by atoms with van der Waals surface area (Å²) in [5.74, 6) is 0.178. The average molecular weight is 402 g/mol. The lowest BCUT2D eigenvalue weighted by Gasteiger charge is -2.45. The fraction of sp³-hybridized carbons (Fsp3) is 0.429. The van der Waals surface area contributed by atoms with Crippen molar-refractivity contribution >= 4 is 0 Å². The molecule has 2 N–H and O–H groups in total. The Morgan fingerprint density at radius 1 is 0.759 bits per heavy atom. The van der Waals surface area contributed by atoms with Crippen LogP contribution in [0.3, 0.4) is 0 Å². The first kappa shape index (κ1) is 18.8. The summed E-state index contributed by atoms with van der Waals surface area (Å²) in [6.07, 6.45) is -4.16. The van der Waals surface area contributed by atoms with E-state index >= 15 is 0 Å². The summed E-state index contributed by atoms with van der Waals surface area (Å²) in [6, 6.07) is 13.7. The highest BCUT2D eigenvalue weighted by Gasteiger charge is 2.56. The molecular formula is C21H22O8. The van der Waals surface area contributed by atoms with E-state index in [0.717, 1.165) is 0 Å². The third-order valence-corrected chi connectivity index (χ3v) is 5.46. The molecule has 0 radical (unpaired) electrons. The Morgan fingerprint density at radius 2 is 1.34 bits per heavy atom. The van der Waals surface area contributed by atoms with Crippen molar-refractivity contribution < 1.29 is 38.6 Å². The summed E-state index contributed by atoms with van der Waals surface area (Å²) in [5.41, 5.74) is 1.06. The number of hydrogen-bond acceptors (Lipinski definition) is 8. The summed E-state index contributed by atoms with van der Waals surface area (Å²) < 4.78 is 35.6. The van der Waals surface area contributed by atoms with E-state index < -0.39 is 43.3 Å². The molecule has 2 unspecified atom stereocenters. The van der Waals surface area contributed by atoms with Crippen LogP contribution in [0, 0.1) is 0 Å². The lowest BCUT2D eigenvalue weighted by atomic mass is 9.98. The third-order valence-electron chi connectivity index (χ3n) is 5.46. The van der Waals surface area contributed by atoms with Crippen LogP contribution in [0.1, 0.15) is 23.7 Å². The first-order valence-corrected chi connectivity index (χ1v) is 9.47. The van der Waals surface area contributed by atoms with Crippen molar-refractivity contribution in [2.45, 2.75) is 43.3 Å². The summed E-state index contributed by atoms with van der Waals surface area (Å²) in [5, 5.41) is 20.3. The van der Waals surface area contributed by atoms with Crippen LogP contribution in [-0.4, -0.2) is 54.6 Å². The zero-order valence-electron chi connectivity index (χ0n) is 15.7. The molecule has 2 aromatic rings. The van der Waals surface area contributed by atoms with Crippen LogP contribution in [0.4, 0.5) is 0 Å². The molecule has 5 rings (SSSR count). The van der Waals surface area contributed by atoms with Crippen molar-refractivity contribution in [3.63, 3.8) is 0 Å².